The Labute approximate surface area is 802 Å². The number of carbonyl (C=O) groups is 6. The van der Waals surface area contributed by atoms with Gasteiger partial charge in [0.15, 0.2) is 11.6 Å². The van der Waals surface area contributed by atoms with Crippen LogP contribution >= 0.6 is 7.82 Å². The first-order valence-electron chi connectivity index (χ1n) is 49.7. The second-order valence-corrected chi connectivity index (χ2v) is 42.0. The standard InChI is InChI=1S/C102H145N10O21PS2/c1-7-9-11-13-15-17-19-21-23-25-27-29-37-48-94(114)128-69-79(131-95(115)49-38-30-28-26-24-22-20-18-16-14-12-10-8-2)70-130-134(120,121)129-60-58-103-93(113)47-36-32-41-59-112-68-77(108-111-112)51-55-88-80-46-42-45-78(52-54-82(80)97(110-109-88)73-43-34-31-35-44-73)132-100(119)105-57-40-33-39-56-104-98(116)74-50-53-81(85(61-74)99(117)118)96-86-62-83-75(71-135(122,123)124)66-101(3,4)106-89(83)64-91(86)133-92-65-90-84(63-87(92)96)76(72-136(125,126)127)67-102(5,6)107-90/h31,34-35,43-44,50,53,61-68,78-79,106H,7-30,32-33,36-42,45-49,51-52,54-60,69-72H2,1-6H3,(H,103,113)(H,104,116)(H,105,119)(H,117,118)(H,120,121)(H,122,123,124)(H,125,126,127)/p-2/t78?,79-/m1/s1. The summed E-state index contributed by atoms with van der Waals surface area (Å²) < 4.78 is 123. The Morgan fingerprint density at radius 3 is 1.85 bits per heavy atom. The van der Waals surface area contributed by atoms with Crippen LogP contribution in [0.2, 0.25) is 0 Å². The molecular weight excluding hydrogens is 1800 g/mol. The van der Waals surface area contributed by atoms with E-state index < -0.39 is 93.3 Å². The molecule has 2 unspecified atom stereocenters. The third-order valence-electron chi connectivity index (χ3n) is 25.1. The van der Waals surface area contributed by atoms with Crippen LogP contribution in [0.15, 0.2) is 91.1 Å². The highest BCUT2D eigenvalue weighted by molar-refractivity contribution is 7.86. The number of aromatic carboxylic acids is 1. The Morgan fingerprint density at radius 1 is 0.603 bits per heavy atom. The number of fused-ring (bicyclic) bond motifs is 5. The minimum absolute atomic E-state index is 0.0271. The van der Waals surface area contributed by atoms with Crippen molar-refractivity contribution in [2.45, 2.75) is 341 Å². The average molecular weight is 1940 g/mol. The van der Waals surface area contributed by atoms with Crippen molar-refractivity contribution in [1.29, 1.82) is 0 Å². The van der Waals surface area contributed by atoms with Crippen molar-refractivity contribution in [2.75, 3.05) is 56.3 Å². The van der Waals surface area contributed by atoms with Crippen LogP contribution in [0.3, 0.4) is 0 Å². The summed E-state index contributed by atoms with van der Waals surface area (Å²) in [6, 6.07) is 20.5. The zero-order chi connectivity index (χ0) is 97.5. The summed E-state index contributed by atoms with van der Waals surface area (Å²) in [7, 11) is -14.5. The summed E-state index contributed by atoms with van der Waals surface area (Å²) in [5.74, 6) is -4.46. The molecule has 2 aromatic heterocycles. The number of alkyl carbamates (subject to hydrolysis) is 1. The number of benzene rings is 4. The monoisotopic (exact) mass is 1940 g/mol. The molecule has 6 aromatic rings. The lowest BCUT2D eigenvalue weighted by Crippen LogP contribution is -2.89. The molecule has 6 N–H and O–H groups in total. The van der Waals surface area contributed by atoms with E-state index in [-0.39, 0.29) is 113 Å². The number of hydrogen-bond acceptors (Lipinski definition) is 25. The molecular formula is C102H143N10O21PS2-2. The van der Waals surface area contributed by atoms with Crippen LogP contribution < -0.4 is 46.5 Å². The highest BCUT2D eigenvalue weighted by atomic mass is 32.2. The van der Waals surface area contributed by atoms with Gasteiger partial charge in [-0.15, -0.1) is 10.2 Å². The summed E-state index contributed by atoms with van der Waals surface area (Å²) in [5, 5.41) is 42.0. The normalized spacial score (nSPS) is 15.4. The SMILES string of the molecule is CCCCCCCCCCCCCCCC(=O)OC[C@H](COP(=O)([O-])OCCNC(=O)CCCCCn1cc(CCc2nnc(-c3ccccc3)c3c2CCCC(OC(=O)NCCCCCNC(=O)c2ccc(C4=c5cc6c(cc5Oc5cc7c(cc54)C(CS(=O)(=O)[O-])=CC(C)(C)N7)=[NH+]C(C)(C)C=C6CS(=O)(=O)[O-])c(C(=O)O)c2)CC3)nn1)OC(=O)CCCCCCCCCCCCCCC. The fourth-order valence-corrected chi connectivity index (χ4v) is 20.2. The molecule has 746 valence electrons. The number of hydrogen-bond donors (Lipinski definition) is 6. The van der Waals surface area contributed by atoms with Gasteiger partial charge in [0.25, 0.3) is 13.7 Å². The molecule has 3 atom stereocenters. The third kappa shape index (κ3) is 37.0. The summed E-state index contributed by atoms with van der Waals surface area (Å²) in [4.78, 5) is 95.7. The number of aromatic nitrogens is 5. The first-order chi connectivity index (χ1) is 65.2. The van der Waals surface area contributed by atoms with Gasteiger partial charge in [-0.3, -0.25) is 28.4 Å². The van der Waals surface area contributed by atoms with Gasteiger partial charge in [0.1, 0.15) is 24.2 Å². The van der Waals surface area contributed by atoms with Crippen molar-refractivity contribution in [3.8, 4) is 22.8 Å². The van der Waals surface area contributed by atoms with Gasteiger partial charge in [-0.25, -0.2) is 31.4 Å². The molecule has 0 fully saturated rings. The molecule has 10 rings (SSSR count). The van der Waals surface area contributed by atoms with Crippen molar-refractivity contribution in [2.24, 2.45) is 0 Å². The van der Waals surface area contributed by atoms with Crippen molar-refractivity contribution >= 4 is 86.3 Å². The zero-order valence-corrected chi connectivity index (χ0v) is 83.0. The maximum atomic E-state index is 13.9. The lowest BCUT2D eigenvalue weighted by molar-refractivity contribution is -0.568. The summed E-state index contributed by atoms with van der Waals surface area (Å²) in [6.07, 6.45) is 41.9. The molecule has 0 spiro atoms. The quantitative estimate of drug-likeness (QED) is 0.00678. The van der Waals surface area contributed by atoms with Gasteiger partial charge in [-0.2, -0.15) is 5.10 Å². The van der Waals surface area contributed by atoms with Crippen LogP contribution in [0, 0.1) is 0 Å². The Hall–Kier alpha value is -9.60. The van der Waals surface area contributed by atoms with Crippen LogP contribution in [0.4, 0.5) is 10.5 Å². The Bertz CT molecular complexity index is 5470. The minimum atomic E-state index is -4.93. The van der Waals surface area contributed by atoms with Crippen LogP contribution in [-0.4, -0.2) is 166 Å². The Balaban J connectivity index is 0.634. The largest absolute Gasteiger partial charge is 0.756 e. The smallest absolute Gasteiger partial charge is 0.407 e. The fraction of sp³-hybridized carbons (Fsp3) is 0.598. The first-order valence-corrected chi connectivity index (χ1v) is 54.3. The van der Waals surface area contributed by atoms with Gasteiger partial charge in [0, 0.05) is 110 Å². The Kier molecular flexibility index (Phi) is 43.6. The number of carboxylic acids is 1. The minimum Gasteiger partial charge on any atom is -0.756 e. The molecule has 0 saturated heterocycles. The van der Waals surface area contributed by atoms with E-state index in [9.17, 15) is 69.3 Å². The molecule has 0 radical (unpaired) electrons. The number of aryl methyl sites for hydroxylation is 3. The van der Waals surface area contributed by atoms with Crippen molar-refractivity contribution in [3.63, 3.8) is 0 Å². The van der Waals surface area contributed by atoms with E-state index in [2.05, 4.69) is 50.4 Å². The molecule has 1 aliphatic carbocycles. The van der Waals surface area contributed by atoms with Crippen molar-refractivity contribution in [1.82, 2.24) is 41.1 Å². The number of rotatable bonds is 62. The van der Waals surface area contributed by atoms with Crippen LogP contribution in [-0.2, 0) is 94.7 Å². The molecule has 34 heteroatoms. The highest BCUT2D eigenvalue weighted by Crippen LogP contribution is 2.46. The summed E-state index contributed by atoms with van der Waals surface area (Å²) in [6.45, 7) is 11.3. The maximum Gasteiger partial charge on any atom is 0.407 e. The molecule has 136 heavy (non-hydrogen) atoms. The number of phosphoric ester groups is 1. The van der Waals surface area contributed by atoms with Crippen molar-refractivity contribution in [3.05, 3.63) is 158 Å². The number of esters is 2. The number of nitrogens with zero attached hydrogens (tertiary/aromatic N) is 5. The van der Waals surface area contributed by atoms with E-state index in [0.29, 0.717) is 119 Å². The lowest BCUT2D eigenvalue weighted by atomic mass is 9.84. The second kappa shape index (κ2) is 54.7. The molecule has 0 saturated carbocycles. The van der Waals surface area contributed by atoms with Gasteiger partial charge < -0.3 is 68.4 Å². The third-order valence-corrected chi connectivity index (χ3v) is 27.4. The highest BCUT2D eigenvalue weighted by Gasteiger charge is 2.36. The topological polar surface area (TPSA) is 451 Å². The first kappa shape index (κ1) is 108. The molecule has 4 aliphatic rings. The van der Waals surface area contributed by atoms with Gasteiger partial charge in [0.05, 0.1) is 84.8 Å². The van der Waals surface area contributed by atoms with E-state index in [1.54, 1.807) is 68.8 Å². The van der Waals surface area contributed by atoms with E-state index in [1.165, 1.54) is 134 Å². The number of amides is 3. The lowest BCUT2D eigenvalue weighted by Gasteiger charge is -2.34. The number of phosphoric acid groups is 1. The number of carbonyl (C=O) groups excluding carboxylic acids is 5. The molecule has 5 heterocycles. The van der Waals surface area contributed by atoms with Gasteiger partial charge in [0.2, 0.25) is 11.3 Å². The average Bonchev–Trinajstić information content (AvgIpc) is 0.725. The zero-order valence-electron chi connectivity index (χ0n) is 80.5. The number of ether oxygens (including phenoxy) is 4. The number of carboxylic acid groups (broad SMARTS) is 1. The second-order valence-electron chi connectivity index (χ2n) is 37.8. The molecule has 31 nitrogen and oxygen atoms in total. The van der Waals surface area contributed by atoms with Crippen molar-refractivity contribution < 1.29 is 102 Å². The van der Waals surface area contributed by atoms with Gasteiger partial charge in [-0.05, 0) is 162 Å². The predicted octanol–water partition coefficient (Wildman–Crippen LogP) is 15.7. The van der Waals surface area contributed by atoms with Gasteiger partial charge >= 0.3 is 24.0 Å². The fourth-order valence-electron chi connectivity index (χ4n) is 18.2. The maximum absolute atomic E-state index is 13.9. The van der Waals surface area contributed by atoms with Crippen LogP contribution in [0.5, 0.6) is 11.5 Å². The van der Waals surface area contributed by atoms with E-state index in [1.807, 2.05) is 36.5 Å². The molecule has 3 aliphatic heterocycles. The molecule has 0 bridgehead atoms. The van der Waals surface area contributed by atoms with Gasteiger partial charge in [-0.1, -0.05) is 222 Å². The summed E-state index contributed by atoms with van der Waals surface area (Å²) in [5.41, 5.74) is 5.79. The van der Waals surface area contributed by atoms with Crippen LogP contribution in [0.25, 0.3) is 28.0 Å². The molecule has 3 amide bonds. The predicted molar refractivity (Wildman–Crippen MR) is 517 cm³/mol. The number of nitrogens with one attached hydrogen (secondary N) is 5. The molecule has 4 aromatic carbocycles. The number of anilines is 1. The van der Waals surface area contributed by atoms with E-state index >= 15 is 0 Å². The van der Waals surface area contributed by atoms with Crippen LogP contribution in [0.1, 0.15) is 351 Å². The van der Waals surface area contributed by atoms with E-state index in [0.717, 1.165) is 85.1 Å². The Morgan fingerprint density at radius 2 is 1.21 bits per heavy atom. The number of unbranched alkanes of at least 4 members (excludes halogenated alkanes) is 28. The van der Waals surface area contributed by atoms with E-state index in [4.69, 9.17) is 38.2 Å². The summed E-state index contributed by atoms with van der Waals surface area (Å²) >= 11 is 0.